The number of carbonyl (C=O) groups is 1. The fourth-order valence-electron chi connectivity index (χ4n) is 1.64. The summed E-state index contributed by atoms with van der Waals surface area (Å²) in [7, 11) is 5.55. The maximum Gasteiger partial charge on any atom is 0.166 e. The molecule has 1 heterocycles. The van der Waals surface area contributed by atoms with Gasteiger partial charge in [0.1, 0.15) is 6.04 Å². The zero-order valence-electron chi connectivity index (χ0n) is 9.24. The van der Waals surface area contributed by atoms with Crippen LogP contribution in [-0.4, -0.2) is 55.3 Å². The third-order valence-corrected chi connectivity index (χ3v) is 2.82. The van der Waals surface area contributed by atoms with E-state index >= 15 is 0 Å². The molecule has 1 rings (SSSR count). The number of hydrogen-bond acceptors (Lipinski definition) is 3. The molecule has 0 saturated carbocycles. The molecule has 1 fully saturated rings. The summed E-state index contributed by atoms with van der Waals surface area (Å²) < 4.78 is 0.354. The average molecular weight is 231 g/mol. The fraction of sp³-hybridized carbons (Fsp3) is 0.778. The fourth-order valence-corrected chi connectivity index (χ4v) is 1.89. The van der Waals surface area contributed by atoms with E-state index in [0.717, 1.165) is 0 Å². The molecule has 1 saturated heterocycles. The number of carboxylic acids is 1. The zero-order chi connectivity index (χ0) is 11.6. The van der Waals surface area contributed by atoms with Crippen molar-refractivity contribution in [2.45, 2.75) is 18.5 Å². The van der Waals surface area contributed by atoms with E-state index in [2.05, 4.69) is 10.6 Å². The second kappa shape index (κ2) is 4.32. The van der Waals surface area contributed by atoms with Crippen LogP contribution in [0.15, 0.2) is 0 Å². The lowest BCUT2D eigenvalue weighted by atomic mass is 10.1. The van der Waals surface area contributed by atoms with E-state index in [1.807, 2.05) is 21.1 Å². The summed E-state index contributed by atoms with van der Waals surface area (Å²) in [4.78, 5) is 11.0. The van der Waals surface area contributed by atoms with Crippen LogP contribution >= 0.6 is 12.2 Å². The normalized spacial score (nSPS) is 23.1. The summed E-state index contributed by atoms with van der Waals surface area (Å²) in [5, 5.41) is 17.6. The van der Waals surface area contributed by atoms with Crippen molar-refractivity contribution < 1.29 is 14.4 Å². The first kappa shape index (κ1) is 12.2. The van der Waals surface area contributed by atoms with Gasteiger partial charge in [-0.15, -0.1) is 0 Å². The van der Waals surface area contributed by atoms with Gasteiger partial charge < -0.3 is 25.0 Å². The molecule has 15 heavy (non-hydrogen) atoms. The SMILES string of the molecule is C[N+](C)(C)C(CC1CNC(=S)N1)C(=O)[O-]. The van der Waals surface area contributed by atoms with Crippen molar-refractivity contribution in [1.82, 2.24) is 10.6 Å². The van der Waals surface area contributed by atoms with E-state index in [1.165, 1.54) is 0 Å². The Balaban J connectivity index is 2.60. The van der Waals surface area contributed by atoms with Gasteiger partial charge in [0.15, 0.2) is 5.11 Å². The molecular formula is C9H17N3O2S. The highest BCUT2D eigenvalue weighted by Crippen LogP contribution is 2.11. The molecular weight excluding hydrogens is 214 g/mol. The van der Waals surface area contributed by atoms with Gasteiger partial charge in [0.05, 0.1) is 33.2 Å². The van der Waals surface area contributed by atoms with Gasteiger partial charge in [0.25, 0.3) is 0 Å². The van der Waals surface area contributed by atoms with Crippen molar-refractivity contribution in [3.05, 3.63) is 0 Å². The number of hydrogen-bond donors (Lipinski definition) is 2. The summed E-state index contributed by atoms with van der Waals surface area (Å²) >= 11 is 4.92. The minimum Gasteiger partial charge on any atom is -0.544 e. The Morgan fingerprint density at radius 1 is 1.67 bits per heavy atom. The van der Waals surface area contributed by atoms with Crippen LogP contribution in [0.3, 0.4) is 0 Å². The number of rotatable bonds is 4. The Hall–Kier alpha value is -0.880. The third-order valence-electron chi connectivity index (χ3n) is 2.56. The highest BCUT2D eigenvalue weighted by Gasteiger charge is 2.30. The molecule has 1 aliphatic rings. The monoisotopic (exact) mass is 231 g/mol. The van der Waals surface area contributed by atoms with Gasteiger partial charge in [-0.1, -0.05) is 0 Å². The first-order valence-corrected chi connectivity index (χ1v) is 5.28. The van der Waals surface area contributed by atoms with Crippen LogP contribution in [0, 0.1) is 0 Å². The number of nitrogens with one attached hydrogen (secondary N) is 2. The Bertz CT molecular complexity index is 275. The molecule has 2 N–H and O–H groups in total. The number of thiocarbonyl (C=S) groups is 1. The molecule has 0 aromatic heterocycles. The number of nitrogens with zero attached hydrogens (tertiary/aromatic N) is 1. The maximum atomic E-state index is 11.0. The van der Waals surface area contributed by atoms with Crippen LogP contribution in [0.2, 0.25) is 0 Å². The highest BCUT2D eigenvalue weighted by molar-refractivity contribution is 7.80. The van der Waals surface area contributed by atoms with E-state index < -0.39 is 12.0 Å². The number of likely N-dealkylation sites (N-methyl/N-ethyl adjacent to an activating group) is 1. The number of carboxylic acid groups (broad SMARTS) is 1. The maximum absolute atomic E-state index is 11.0. The highest BCUT2D eigenvalue weighted by atomic mass is 32.1. The lowest BCUT2D eigenvalue weighted by Crippen LogP contribution is -2.56. The first-order chi connectivity index (χ1) is 6.80. The van der Waals surface area contributed by atoms with E-state index in [1.54, 1.807) is 0 Å². The van der Waals surface area contributed by atoms with Crippen LogP contribution in [0.1, 0.15) is 6.42 Å². The van der Waals surface area contributed by atoms with Gasteiger partial charge in [-0.2, -0.15) is 0 Å². The summed E-state index contributed by atoms with van der Waals surface area (Å²) in [6, 6.07) is -0.442. The Kier molecular flexibility index (Phi) is 3.51. The van der Waals surface area contributed by atoms with Crippen LogP contribution in [0.5, 0.6) is 0 Å². The molecule has 0 aromatic carbocycles. The van der Waals surface area contributed by atoms with Crippen molar-refractivity contribution in [3.63, 3.8) is 0 Å². The summed E-state index contributed by atoms with van der Waals surface area (Å²) in [6.07, 6.45) is 0.513. The van der Waals surface area contributed by atoms with Gasteiger partial charge in [0, 0.05) is 13.0 Å². The molecule has 0 aromatic rings. The lowest BCUT2D eigenvalue weighted by Gasteiger charge is -2.35. The van der Waals surface area contributed by atoms with Crippen LogP contribution in [0.25, 0.3) is 0 Å². The minimum atomic E-state index is -1.01. The summed E-state index contributed by atoms with van der Waals surface area (Å²) in [6.45, 7) is 0.683. The Morgan fingerprint density at radius 3 is 2.60 bits per heavy atom. The standard InChI is InChI=1S/C9H17N3O2S/c1-12(2,3)7(8(13)14)4-6-5-10-9(15)11-6/h6-7H,4-5H2,1-3H3,(H2-,10,11,13,14,15). The molecule has 0 aliphatic carbocycles. The largest absolute Gasteiger partial charge is 0.544 e. The smallest absolute Gasteiger partial charge is 0.166 e. The van der Waals surface area contributed by atoms with Crippen molar-refractivity contribution in [2.75, 3.05) is 27.7 Å². The van der Waals surface area contributed by atoms with E-state index in [4.69, 9.17) is 12.2 Å². The topological polar surface area (TPSA) is 64.2 Å². The molecule has 0 radical (unpaired) electrons. The Morgan fingerprint density at radius 2 is 2.27 bits per heavy atom. The molecule has 2 unspecified atom stereocenters. The predicted molar refractivity (Wildman–Crippen MR) is 59.0 cm³/mol. The van der Waals surface area contributed by atoms with Gasteiger partial charge in [-0.3, -0.25) is 0 Å². The Labute approximate surface area is 95.0 Å². The zero-order valence-corrected chi connectivity index (χ0v) is 10.1. The van der Waals surface area contributed by atoms with Crippen LogP contribution in [0.4, 0.5) is 0 Å². The van der Waals surface area contributed by atoms with E-state index in [9.17, 15) is 9.90 Å². The summed E-state index contributed by atoms with van der Waals surface area (Å²) in [5.41, 5.74) is 0. The molecule has 2 atom stereocenters. The van der Waals surface area contributed by atoms with Crippen molar-refractivity contribution in [1.29, 1.82) is 0 Å². The minimum absolute atomic E-state index is 0.0812. The summed E-state index contributed by atoms with van der Waals surface area (Å²) in [5.74, 6) is -1.01. The first-order valence-electron chi connectivity index (χ1n) is 4.87. The molecule has 1 aliphatic heterocycles. The van der Waals surface area contributed by atoms with Gasteiger partial charge >= 0.3 is 0 Å². The second-order valence-corrected chi connectivity index (χ2v) is 5.15. The van der Waals surface area contributed by atoms with Crippen molar-refractivity contribution in [2.24, 2.45) is 0 Å². The predicted octanol–water partition coefficient (Wildman–Crippen LogP) is -1.95. The van der Waals surface area contributed by atoms with Gasteiger partial charge in [-0.25, -0.2) is 0 Å². The van der Waals surface area contributed by atoms with Crippen molar-refractivity contribution in [3.8, 4) is 0 Å². The number of aliphatic carboxylic acids is 1. The lowest BCUT2D eigenvalue weighted by molar-refractivity contribution is -0.889. The van der Waals surface area contributed by atoms with Gasteiger partial charge in [-0.05, 0) is 12.2 Å². The molecule has 0 amide bonds. The number of quaternary nitrogens is 1. The third kappa shape index (κ3) is 3.32. The number of carbonyl (C=O) groups excluding carboxylic acids is 1. The van der Waals surface area contributed by atoms with Gasteiger partial charge in [0.2, 0.25) is 0 Å². The second-order valence-electron chi connectivity index (χ2n) is 4.74. The molecule has 6 heteroatoms. The molecule has 0 bridgehead atoms. The van der Waals surface area contributed by atoms with Crippen LogP contribution in [-0.2, 0) is 4.79 Å². The van der Waals surface area contributed by atoms with Crippen molar-refractivity contribution >= 4 is 23.3 Å². The van der Waals surface area contributed by atoms with E-state index in [-0.39, 0.29) is 6.04 Å². The quantitative estimate of drug-likeness (QED) is 0.435. The van der Waals surface area contributed by atoms with E-state index in [0.29, 0.717) is 22.6 Å². The average Bonchev–Trinajstić information content (AvgIpc) is 2.44. The van der Waals surface area contributed by atoms with Crippen LogP contribution < -0.4 is 15.7 Å². The molecule has 5 nitrogen and oxygen atoms in total. The molecule has 86 valence electrons. The molecule has 0 spiro atoms.